The number of benzene rings is 2. The molecule has 0 radical (unpaired) electrons. The maximum Gasteiger partial charge on any atom is 0.330 e. The molecule has 0 N–H and O–H groups in total. The minimum atomic E-state index is -0.373. The normalized spacial score (nSPS) is 15.4. The molecule has 6 nitrogen and oxygen atoms in total. The van der Waals surface area contributed by atoms with Crippen LogP contribution in [0.25, 0.3) is 6.08 Å². The van der Waals surface area contributed by atoms with Gasteiger partial charge in [0.05, 0.1) is 25.2 Å². The molecule has 1 saturated heterocycles. The van der Waals surface area contributed by atoms with Crippen LogP contribution < -0.4 is 0 Å². The van der Waals surface area contributed by atoms with Gasteiger partial charge in [-0.05, 0) is 17.2 Å². The van der Waals surface area contributed by atoms with E-state index in [0.29, 0.717) is 0 Å². The molecule has 2 aromatic carbocycles. The van der Waals surface area contributed by atoms with Crippen LogP contribution in [0, 0.1) is 0 Å². The van der Waals surface area contributed by atoms with Gasteiger partial charge in [0.2, 0.25) is 0 Å². The SMILES string of the molecule is COC(=O)/C=C/c1cn(CCN2CCN(C(c3ccccc3)c3ccccc3)CC2)cn1. The van der Waals surface area contributed by atoms with Crippen molar-refractivity contribution < 1.29 is 9.53 Å². The van der Waals surface area contributed by atoms with Gasteiger partial charge in [0.1, 0.15) is 0 Å². The van der Waals surface area contributed by atoms with Crippen LogP contribution in [0.1, 0.15) is 22.9 Å². The third kappa shape index (κ3) is 5.72. The standard InChI is InChI=1S/C26H30N4O2/c1-32-25(31)13-12-24-20-29(21-27-24)15-14-28-16-18-30(19-17-28)26(22-8-4-2-5-9-22)23-10-6-3-7-11-23/h2-13,20-21,26H,14-19H2,1H3/b13-12+. The summed E-state index contributed by atoms with van der Waals surface area (Å²) in [7, 11) is 1.37. The van der Waals surface area contributed by atoms with E-state index in [1.807, 2.05) is 12.5 Å². The second-order valence-electron chi connectivity index (χ2n) is 7.99. The number of carbonyl (C=O) groups is 1. The highest BCUT2D eigenvalue weighted by Crippen LogP contribution is 2.29. The van der Waals surface area contributed by atoms with Gasteiger partial charge in [-0.15, -0.1) is 0 Å². The summed E-state index contributed by atoms with van der Waals surface area (Å²) >= 11 is 0. The molecule has 0 spiro atoms. The molecule has 0 unspecified atom stereocenters. The van der Waals surface area contributed by atoms with E-state index in [1.165, 1.54) is 24.3 Å². The number of carbonyl (C=O) groups excluding carboxylic acids is 1. The van der Waals surface area contributed by atoms with E-state index < -0.39 is 0 Å². The number of nitrogens with zero attached hydrogens (tertiary/aromatic N) is 4. The fraction of sp³-hybridized carbons (Fsp3) is 0.308. The van der Waals surface area contributed by atoms with Gasteiger partial charge in [-0.1, -0.05) is 60.7 Å². The van der Waals surface area contributed by atoms with Crippen molar-refractivity contribution in [3.63, 3.8) is 0 Å². The number of piperazine rings is 1. The van der Waals surface area contributed by atoms with E-state index in [9.17, 15) is 4.79 Å². The second kappa shape index (κ2) is 10.9. The van der Waals surface area contributed by atoms with Gasteiger partial charge in [-0.25, -0.2) is 9.78 Å². The number of ether oxygens (including phenoxy) is 1. The Hall–Kier alpha value is -3.22. The summed E-state index contributed by atoms with van der Waals surface area (Å²) < 4.78 is 6.69. The Bertz CT molecular complexity index is 969. The maximum atomic E-state index is 11.2. The van der Waals surface area contributed by atoms with Crippen molar-refractivity contribution in [2.45, 2.75) is 12.6 Å². The topological polar surface area (TPSA) is 50.6 Å². The molecule has 166 valence electrons. The Labute approximate surface area is 189 Å². The minimum absolute atomic E-state index is 0.289. The van der Waals surface area contributed by atoms with Crippen molar-refractivity contribution in [1.82, 2.24) is 19.4 Å². The molecule has 3 aromatic rings. The van der Waals surface area contributed by atoms with Crippen molar-refractivity contribution in [3.8, 4) is 0 Å². The lowest BCUT2D eigenvalue weighted by Gasteiger charge is -2.39. The lowest BCUT2D eigenvalue weighted by atomic mass is 9.96. The molecule has 0 amide bonds. The van der Waals surface area contributed by atoms with Gasteiger partial charge < -0.3 is 9.30 Å². The zero-order valence-corrected chi connectivity index (χ0v) is 18.5. The highest BCUT2D eigenvalue weighted by Gasteiger charge is 2.26. The van der Waals surface area contributed by atoms with Crippen LogP contribution in [0.2, 0.25) is 0 Å². The predicted octanol–water partition coefficient (Wildman–Crippen LogP) is 3.48. The fourth-order valence-corrected chi connectivity index (χ4v) is 4.19. The Balaban J connectivity index is 1.33. The summed E-state index contributed by atoms with van der Waals surface area (Å²) in [5, 5.41) is 0. The van der Waals surface area contributed by atoms with Crippen LogP contribution in [0.3, 0.4) is 0 Å². The highest BCUT2D eigenvalue weighted by molar-refractivity contribution is 5.86. The van der Waals surface area contributed by atoms with Gasteiger partial charge in [0.25, 0.3) is 0 Å². The predicted molar refractivity (Wildman–Crippen MR) is 126 cm³/mol. The van der Waals surface area contributed by atoms with E-state index in [1.54, 1.807) is 6.08 Å². The Morgan fingerprint density at radius 2 is 1.59 bits per heavy atom. The molecule has 0 bridgehead atoms. The zero-order chi connectivity index (χ0) is 22.2. The van der Waals surface area contributed by atoms with Crippen LogP contribution in [0.5, 0.6) is 0 Å². The molecule has 0 saturated carbocycles. The molecule has 1 aliphatic rings. The van der Waals surface area contributed by atoms with E-state index in [0.717, 1.165) is 45.0 Å². The third-order valence-electron chi connectivity index (χ3n) is 5.92. The first kappa shape index (κ1) is 22.0. The summed E-state index contributed by atoms with van der Waals surface area (Å²) in [5.41, 5.74) is 3.45. The molecule has 0 atom stereocenters. The van der Waals surface area contributed by atoms with E-state index in [4.69, 9.17) is 0 Å². The lowest BCUT2D eigenvalue weighted by Crippen LogP contribution is -2.48. The molecule has 1 fully saturated rings. The first-order valence-electron chi connectivity index (χ1n) is 11.1. The number of methoxy groups -OCH3 is 1. The van der Waals surface area contributed by atoms with Crippen LogP contribution in [0.4, 0.5) is 0 Å². The monoisotopic (exact) mass is 430 g/mol. The number of rotatable bonds is 8. The third-order valence-corrected chi connectivity index (χ3v) is 5.92. The fourth-order valence-electron chi connectivity index (χ4n) is 4.19. The van der Waals surface area contributed by atoms with Crippen molar-refractivity contribution in [3.05, 3.63) is 96.1 Å². The first-order chi connectivity index (χ1) is 15.7. The number of hydrogen-bond donors (Lipinski definition) is 0. The Morgan fingerprint density at radius 1 is 0.969 bits per heavy atom. The molecule has 2 heterocycles. The van der Waals surface area contributed by atoms with Gasteiger partial charge >= 0.3 is 5.97 Å². The summed E-state index contributed by atoms with van der Waals surface area (Å²) in [4.78, 5) is 20.7. The molecular weight excluding hydrogens is 400 g/mol. The molecule has 0 aliphatic carbocycles. The van der Waals surface area contributed by atoms with Gasteiger partial charge in [-0.2, -0.15) is 0 Å². The van der Waals surface area contributed by atoms with Crippen LogP contribution in [-0.4, -0.2) is 65.2 Å². The van der Waals surface area contributed by atoms with E-state index in [2.05, 4.69) is 84.8 Å². The van der Waals surface area contributed by atoms with Crippen molar-refractivity contribution in [2.75, 3.05) is 39.8 Å². The average Bonchev–Trinajstić information content (AvgIpc) is 3.31. The van der Waals surface area contributed by atoms with Crippen LogP contribution in [-0.2, 0) is 16.1 Å². The largest absolute Gasteiger partial charge is 0.466 e. The summed E-state index contributed by atoms with van der Waals surface area (Å²) in [6, 6.07) is 21.9. The molecule has 1 aromatic heterocycles. The number of hydrogen-bond acceptors (Lipinski definition) is 5. The summed E-state index contributed by atoms with van der Waals surface area (Å²) in [6.07, 6.45) is 6.83. The number of imidazole rings is 1. The molecule has 1 aliphatic heterocycles. The lowest BCUT2D eigenvalue weighted by molar-refractivity contribution is -0.134. The Morgan fingerprint density at radius 3 is 2.19 bits per heavy atom. The quantitative estimate of drug-likeness (QED) is 0.405. The molecule has 4 rings (SSSR count). The highest BCUT2D eigenvalue weighted by atomic mass is 16.5. The van der Waals surface area contributed by atoms with E-state index >= 15 is 0 Å². The minimum Gasteiger partial charge on any atom is -0.466 e. The molecule has 6 heteroatoms. The smallest absolute Gasteiger partial charge is 0.330 e. The average molecular weight is 431 g/mol. The van der Waals surface area contributed by atoms with Gasteiger partial charge in [0.15, 0.2) is 0 Å². The molecular formula is C26H30N4O2. The maximum absolute atomic E-state index is 11.2. The summed E-state index contributed by atoms with van der Waals surface area (Å²) in [5.74, 6) is -0.373. The van der Waals surface area contributed by atoms with Gasteiger partial charge in [-0.3, -0.25) is 9.80 Å². The van der Waals surface area contributed by atoms with Crippen molar-refractivity contribution in [1.29, 1.82) is 0 Å². The first-order valence-corrected chi connectivity index (χ1v) is 11.1. The van der Waals surface area contributed by atoms with Crippen LogP contribution in [0.15, 0.2) is 79.3 Å². The Kier molecular flexibility index (Phi) is 7.48. The summed E-state index contributed by atoms with van der Waals surface area (Å²) in [6.45, 7) is 6.00. The number of esters is 1. The number of aromatic nitrogens is 2. The van der Waals surface area contributed by atoms with Crippen molar-refractivity contribution in [2.24, 2.45) is 0 Å². The van der Waals surface area contributed by atoms with Crippen LogP contribution >= 0.6 is 0 Å². The second-order valence-corrected chi connectivity index (χ2v) is 7.99. The molecule has 32 heavy (non-hydrogen) atoms. The van der Waals surface area contributed by atoms with Crippen molar-refractivity contribution >= 4 is 12.0 Å². The van der Waals surface area contributed by atoms with E-state index in [-0.39, 0.29) is 12.0 Å². The zero-order valence-electron chi connectivity index (χ0n) is 18.5. The van der Waals surface area contributed by atoms with Gasteiger partial charge in [0, 0.05) is 51.5 Å².